The van der Waals surface area contributed by atoms with Gasteiger partial charge in [-0.2, -0.15) is 0 Å². The summed E-state index contributed by atoms with van der Waals surface area (Å²) in [7, 11) is 0. The van der Waals surface area contributed by atoms with Crippen molar-refractivity contribution in [2.75, 3.05) is 37.6 Å². The second-order valence-corrected chi connectivity index (χ2v) is 7.14. The number of hydrogen-bond acceptors (Lipinski definition) is 4. The molecule has 1 aromatic carbocycles. The van der Waals surface area contributed by atoms with E-state index in [1.54, 1.807) is 11.3 Å². The third kappa shape index (κ3) is 3.48. The first-order valence-electron chi connectivity index (χ1n) is 7.26. The molecular weight excluding hydrogens is 346 g/mol. The van der Waals surface area contributed by atoms with Crippen LogP contribution in [-0.4, -0.2) is 37.6 Å². The SMILES string of the molecule is NCC(c1cc(Br)cs1)N1CCN(c2ccccc2)CC1. The summed E-state index contributed by atoms with van der Waals surface area (Å²) in [6.07, 6.45) is 0. The molecule has 112 valence electrons. The van der Waals surface area contributed by atoms with E-state index in [1.165, 1.54) is 10.6 Å². The number of halogens is 1. The van der Waals surface area contributed by atoms with Crippen LogP contribution in [0.25, 0.3) is 0 Å². The van der Waals surface area contributed by atoms with Gasteiger partial charge >= 0.3 is 0 Å². The summed E-state index contributed by atoms with van der Waals surface area (Å²) in [5.74, 6) is 0. The van der Waals surface area contributed by atoms with Crippen molar-refractivity contribution in [3.63, 3.8) is 0 Å². The lowest BCUT2D eigenvalue weighted by molar-refractivity contribution is 0.193. The molecule has 5 heteroatoms. The highest BCUT2D eigenvalue weighted by atomic mass is 79.9. The predicted octanol–water partition coefficient (Wildman–Crippen LogP) is 3.33. The molecule has 3 rings (SSSR count). The summed E-state index contributed by atoms with van der Waals surface area (Å²) in [5.41, 5.74) is 7.35. The molecule has 1 aliphatic heterocycles. The van der Waals surface area contributed by atoms with Gasteiger partial charge in [0.05, 0.1) is 6.04 Å². The van der Waals surface area contributed by atoms with Crippen molar-refractivity contribution in [3.05, 3.63) is 51.1 Å². The zero-order valence-electron chi connectivity index (χ0n) is 11.9. The Hall–Kier alpha value is -0.880. The number of benzene rings is 1. The Kier molecular flexibility index (Phi) is 4.95. The Bertz CT molecular complexity index is 564. The molecule has 2 heterocycles. The summed E-state index contributed by atoms with van der Waals surface area (Å²) in [6.45, 7) is 4.93. The van der Waals surface area contributed by atoms with Crippen LogP contribution < -0.4 is 10.6 Å². The van der Waals surface area contributed by atoms with Gasteiger partial charge in [-0.05, 0) is 34.1 Å². The average molecular weight is 366 g/mol. The van der Waals surface area contributed by atoms with Crippen LogP contribution in [0.3, 0.4) is 0 Å². The number of anilines is 1. The van der Waals surface area contributed by atoms with E-state index >= 15 is 0 Å². The summed E-state index contributed by atoms with van der Waals surface area (Å²) in [6, 6.07) is 13.2. The van der Waals surface area contributed by atoms with Gasteiger partial charge in [-0.15, -0.1) is 11.3 Å². The summed E-state index contributed by atoms with van der Waals surface area (Å²) in [5, 5.41) is 2.14. The third-order valence-electron chi connectivity index (χ3n) is 4.02. The van der Waals surface area contributed by atoms with Gasteiger partial charge in [0.15, 0.2) is 0 Å². The van der Waals surface area contributed by atoms with Gasteiger partial charge in [0.2, 0.25) is 0 Å². The minimum absolute atomic E-state index is 0.347. The standard InChI is InChI=1S/C16H20BrN3S/c17-13-10-16(21-12-13)15(11-18)20-8-6-19(7-9-20)14-4-2-1-3-5-14/h1-5,10,12,15H,6-9,11,18H2. The molecular formula is C16H20BrN3S. The van der Waals surface area contributed by atoms with Crippen LogP contribution in [0, 0.1) is 0 Å². The van der Waals surface area contributed by atoms with E-state index in [9.17, 15) is 0 Å². The number of rotatable bonds is 4. The van der Waals surface area contributed by atoms with Crippen LogP contribution in [-0.2, 0) is 0 Å². The molecule has 1 saturated heterocycles. The normalized spacial score (nSPS) is 17.9. The molecule has 1 aromatic heterocycles. The fourth-order valence-electron chi connectivity index (χ4n) is 2.88. The maximum Gasteiger partial charge on any atom is 0.0565 e. The Balaban J connectivity index is 1.64. The Labute approximate surface area is 138 Å². The molecule has 1 atom stereocenters. The molecule has 2 aromatic rings. The molecule has 0 saturated carbocycles. The van der Waals surface area contributed by atoms with Gasteiger partial charge in [0.1, 0.15) is 0 Å². The highest BCUT2D eigenvalue weighted by molar-refractivity contribution is 9.10. The monoisotopic (exact) mass is 365 g/mol. The summed E-state index contributed by atoms with van der Waals surface area (Å²) in [4.78, 5) is 6.32. The second-order valence-electron chi connectivity index (χ2n) is 5.28. The largest absolute Gasteiger partial charge is 0.369 e. The maximum absolute atomic E-state index is 6.03. The minimum Gasteiger partial charge on any atom is -0.369 e. The van der Waals surface area contributed by atoms with Crippen molar-refractivity contribution in [3.8, 4) is 0 Å². The summed E-state index contributed by atoms with van der Waals surface area (Å²) >= 11 is 5.33. The fourth-order valence-corrected chi connectivity index (χ4v) is 4.47. The van der Waals surface area contributed by atoms with Crippen molar-refractivity contribution in [1.82, 2.24) is 4.90 Å². The first-order chi connectivity index (χ1) is 10.3. The first kappa shape index (κ1) is 15.0. The molecule has 3 nitrogen and oxygen atoms in total. The predicted molar refractivity (Wildman–Crippen MR) is 94.0 cm³/mol. The van der Waals surface area contributed by atoms with E-state index < -0.39 is 0 Å². The lowest BCUT2D eigenvalue weighted by atomic mass is 10.1. The first-order valence-corrected chi connectivity index (χ1v) is 8.93. The van der Waals surface area contributed by atoms with Crippen molar-refractivity contribution in [2.45, 2.75) is 6.04 Å². The highest BCUT2D eigenvalue weighted by Gasteiger charge is 2.25. The van der Waals surface area contributed by atoms with Crippen LogP contribution in [0.4, 0.5) is 5.69 Å². The van der Waals surface area contributed by atoms with Crippen LogP contribution in [0.1, 0.15) is 10.9 Å². The smallest absolute Gasteiger partial charge is 0.0565 e. The van der Waals surface area contributed by atoms with E-state index in [0.717, 1.165) is 30.7 Å². The molecule has 1 aliphatic rings. The Morgan fingerprint density at radius 2 is 1.86 bits per heavy atom. The molecule has 0 spiro atoms. The lowest BCUT2D eigenvalue weighted by Gasteiger charge is -2.39. The van der Waals surface area contributed by atoms with Crippen molar-refractivity contribution in [2.24, 2.45) is 5.73 Å². The molecule has 0 radical (unpaired) electrons. The average Bonchev–Trinajstić information content (AvgIpc) is 2.96. The van der Waals surface area contributed by atoms with Crippen molar-refractivity contribution >= 4 is 33.0 Å². The number of hydrogen-bond donors (Lipinski definition) is 1. The molecule has 0 bridgehead atoms. The van der Waals surface area contributed by atoms with E-state index in [4.69, 9.17) is 5.73 Å². The molecule has 2 N–H and O–H groups in total. The van der Waals surface area contributed by atoms with Gasteiger partial charge in [0, 0.05) is 53.1 Å². The van der Waals surface area contributed by atoms with Crippen LogP contribution >= 0.6 is 27.3 Å². The zero-order chi connectivity index (χ0) is 14.7. The van der Waals surface area contributed by atoms with Crippen LogP contribution in [0.5, 0.6) is 0 Å². The van der Waals surface area contributed by atoms with E-state index in [2.05, 4.69) is 67.5 Å². The highest BCUT2D eigenvalue weighted by Crippen LogP contribution is 2.30. The van der Waals surface area contributed by atoms with Gasteiger partial charge in [-0.25, -0.2) is 0 Å². The second kappa shape index (κ2) is 6.92. The number of nitrogens with zero attached hydrogens (tertiary/aromatic N) is 2. The number of piperazine rings is 1. The minimum atomic E-state index is 0.347. The van der Waals surface area contributed by atoms with Gasteiger partial charge < -0.3 is 10.6 Å². The van der Waals surface area contributed by atoms with Gasteiger partial charge in [-0.3, -0.25) is 4.90 Å². The zero-order valence-corrected chi connectivity index (χ0v) is 14.3. The molecule has 1 fully saturated rings. The number of nitrogens with two attached hydrogens (primary N) is 1. The molecule has 0 amide bonds. The Morgan fingerprint density at radius 3 is 2.43 bits per heavy atom. The van der Waals surface area contributed by atoms with Gasteiger partial charge in [-0.1, -0.05) is 18.2 Å². The topological polar surface area (TPSA) is 32.5 Å². The van der Waals surface area contributed by atoms with Crippen LogP contribution in [0.2, 0.25) is 0 Å². The molecule has 0 aliphatic carbocycles. The van der Waals surface area contributed by atoms with Crippen LogP contribution in [0.15, 0.2) is 46.3 Å². The fraction of sp³-hybridized carbons (Fsp3) is 0.375. The molecule has 1 unspecified atom stereocenters. The Morgan fingerprint density at radius 1 is 1.14 bits per heavy atom. The van der Waals surface area contributed by atoms with E-state index in [0.29, 0.717) is 12.6 Å². The third-order valence-corrected chi connectivity index (χ3v) is 5.81. The maximum atomic E-state index is 6.03. The van der Waals surface area contributed by atoms with Gasteiger partial charge in [0.25, 0.3) is 0 Å². The molecule has 21 heavy (non-hydrogen) atoms. The lowest BCUT2D eigenvalue weighted by Crippen LogP contribution is -2.49. The van der Waals surface area contributed by atoms with E-state index in [1.807, 2.05) is 0 Å². The van der Waals surface area contributed by atoms with Crippen molar-refractivity contribution < 1.29 is 0 Å². The van der Waals surface area contributed by atoms with Crippen molar-refractivity contribution in [1.29, 1.82) is 0 Å². The number of para-hydroxylation sites is 1. The number of thiophene rings is 1. The summed E-state index contributed by atoms with van der Waals surface area (Å²) < 4.78 is 1.16. The quantitative estimate of drug-likeness (QED) is 0.901. The van der Waals surface area contributed by atoms with E-state index in [-0.39, 0.29) is 0 Å².